The zero-order valence-electron chi connectivity index (χ0n) is 12.8. The van der Waals surface area contributed by atoms with Gasteiger partial charge in [0.25, 0.3) is 0 Å². The zero-order valence-corrected chi connectivity index (χ0v) is 13.6. The summed E-state index contributed by atoms with van der Waals surface area (Å²) in [5.74, 6) is -0.215. The van der Waals surface area contributed by atoms with Crippen molar-refractivity contribution in [3.8, 4) is 0 Å². The molecular weight excluding hydrogens is 291 g/mol. The molecule has 1 aliphatic rings. The maximum absolute atomic E-state index is 13.4. The van der Waals surface area contributed by atoms with Crippen molar-refractivity contribution in [3.63, 3.8) is 0 Å². The maximum Gasteiger partial charge on any atom is 0.243 e. The third-order valence-electron chi connectivity index (χ3n) is 4.25. The second-order valence-corrected chi connectivity index (χ2v) is 7.80. The lowest BCUT2D eigenvalue weighted by Gasteiger charge is -2.37. The van der Waals surface area contributed by atoms with Gasteiger partial charge in [-0.15, -0.1) is 0 Å². The van der Waals surface area contributed by atoms with Crippen molar-refractivity contribution < 1.29 is 12.8 Å². The van der Waals surface area contributed by atoms with Crippen LogP contribution >= 0.6 is 0 Å². The predicted molar refractivity (Wildman–Crippen MR) is 81.0 cm³/mol. The standard InChI is InChI=1S/C15H23FN2O2S/c1-10-6-14(16)7-11(2)15(10)21(19,20)18-9-13(8-17)5-4-12(18)3/h6-7,12-13H,4-5,8-9,17H2,1-3H3. The van der Waals surface area contributed by atoms with Gasteiger partial charge in [0, 0.05) is 12.6 Å². The van der Waals surface area contributed by atoms with E-state index in [9.17, 15) is 12.8 Å². The summed E-state index contributed by atoms with van der Waals surface area (Å²) in [5, 5.41) is 0. The average Bonchev–Trinajstić information content (AvgIpc) is 2.37. The molecule has 2 rings (SSSR count). The first-order valence-electron chi connectivity index (χ1n) is 7.26. The molecule has 2 N–H and O–H groups in total. The van der Waals surface area contributed by atoms with Crippen LogP contribution in [-0.2, 0) is 10.0 Å². The molecule has 1 saturated heterocycles. The second-order valence-electron chi connectivity index (χ2n) is 5.97. The summed E-state index contributed by atoms with van der Waals surface area (Å²) in [5.41, 5.74) is 6.61. The van der Waals surface area contributed by atoms with Gasteiger partial charge in [-0.3, -0.25) is 0 Å². The van der Waals surface area contributed by atoms with Gasteiger partial charge in [0.15, 0.2) is 0 Å². The molecule has 118 valence electrons. The van der Waals surface area contributed by atoms with E-state index in [1.165, 1.54) is 16.4 Å². The molecule has 21 heavy (non-hydrogen) atoms. The summed E-state index contributed by atoms with van der Waals surface area (Å²) in [6.45, 7) is 6.12. The maximum atomic E-state index is 13.4. The second kappa shape index (κ2) is 6.02. The Morgan fingerprint density at radius 1 is 1.29 bits per heavy atom. The van der Waals surface area contributed by atoms with Crippen molar-refractivity contribution >= 4 is 10.0 Å². The summed E-state index contributed by atoms with van der Waals surface area (Å²) >= 11 is 0. The zero-order chi connectivity index (χ0) is 15.8. The number of aryl methyl sites for hydroxylation is 2. The van der Waals surface area contributed by atoms with Gasteiger partial charge in [-0.05, 0) is 69.3 Å². The van der Waals surface area contributed by atoms with E-state index in [0.717, 1.165) is 12.8 Å². The van der Waals surface area contributed by atoms with Crippen LogP contribution in [0.4, 0.5) is 4.39 Å². The molecule has 0 aliphatic carbocycles. The number of sulfonamides is 1. The van der Waals surface area contributed by atoms with Crippen LogP contribution in [0, 0.1) is 25.6 Å². The highest BCUT2D eigenvalue weighted by atomic mass is 32.2. The third kappa shape index (κ3) is 3.12. The van der Waals surface area contributed by atoms with Crippen LogP contribution in [0.5, 0.6) is 0 Å². The van der Waals surface area contributed by atoms with Crippen LogP contribution in [0.3, 0.4) is 0 Å². The van der Waals surface area contributed by atoms with E-state index in [2.05, 4.69) is 0 Å². The van der Waals surface area contributed by atoms with E-state index in [4.69, 9.17) is 5.73 Å². The number of hydrogen-bond donors (Lipinski definition) is 1. The van der Waals surface area contributed by atoms with Crippen molar-refractivity contribution in [2.45, 2.75) is 44.6 Å². The van der Waals surface area contributed by atoms with Crippen LogP contribution in [-0.4, -0.2) is 31.9 Å². The number of nitrogens with zero attached hydrogens (tertiary/aromatic N) is 1. The minimum absolute atomic E-state index is 0.0540. The Bertz CT molecular complexity index is 608. The lowest BCUT2D eigenvalue weighted by Crippen LogP contribution is -2.47. The molecule has 1 heterocycles. The van der Waals surface area contributed by atoms with Crippen LogP contribution in [0.25, 0.3) is 0 Å². The largest absolute Gasteiger partial charge is 0.330 e. The van der Waals surface area contributed by atoms with Gasteiger partial charge >= 0.3 is 0 Å². The van der Waals surface area contributed by atoms with E-state index in [1.807, 2.05) is 6.92 Å². The first-order chi connectivity index (χ1) is 9.77. The van der Waals surface area contributed by atoms with Crippen LogP contribution in [0.1, 0.15) is 30.9 Å². The number of benzene rings is 1. The van der Waals surface area contributed by atoms with E-state index >= 15 is 0 Å². The van der Waals surface area contributed by atoms with Crippen molar-refractivity contribution in [2.24, 2.45) is 11.7 Å². The quantitative estimate of drug-likeness (QED) is 0.930. The van der Waals surface area contributed by atoms with Gasteiger partial charge in [-0.2, -0.15) is 4.31 Å². The Balaban J connectivity index is 2.46. The molecule has 0 spiro atoms. The predicted octanol–water partition coefficient (Wildman–Crippen LogP) is 2.19. The molecule has 0 saturated carbocycles. The van der Waals surface area contributed by atoms with Gasteiger partial charge in [0.2, 0.25) is 10.0 Å². The van der Waals surface area contributed by atoms with Crippen molar-refractivity contribution in [3.05, 3.63) is 29.1 Å². The molecule has 0 aromatic heterocycles. The summed E-state index contributed by atoms with van der Waals surface area (Å²) in [6.07, 6.45) is 1.76. The highest BCUT2D eigenvalue weighted by molar-refractivity contribution is 7.89. The topological polar surface area (TPSA) is 63.4 Å². The molecule has 1 aromatic carbocycles. The van der Waals surface area contributed by atoms with Gasteiger partial charge in [-0.1, -0.05) is 0 Å². The average molecular weight is 314 g/mol. The third-order valence-corrected chi connectivity index (χ3v) is 6.53. The molecule has 0 amide bonds. The molecule has 6 heteroatoms. The number of hydrogen-bond acceptors (Lipinski definition) is 3. The van der Waals surface area contributed by atoms with Crippen molar-refractivity contribution in [1.82, 2.24) is 4.31 Å². The fraction of sp³-hybridized carbons (Fsp3) is 0.600. The number of nitrogens with two attached hydrogens (primary N) is 1. The summed E-state index contributed by atoms with van der Waals surface area (Å²) in [7, 11) is -3.62. The minimum Gasteiger partial charge on any atom is -0.330 e. The van der Waals surface area contributed by atoms with Crippen LogP contribution in [0.15, 0.2) is 17.0 Å². The van der Waals surface area contributed by atoms with Gasteiger partial charge in [0.1, 0.15) is 5.82 Å². The highest BCUT2D eigenvalue weighted by Gasteiger charge is 2.36. The Morgan fingerprint density at radius 2 is 1.86 bits per heavy atom. The smallest absolute Gasteiger partial charge is 0.243 e. The summed E-state index contributed by atoms with van der Waals surface area (Å²) in [4.78, 5) is 0.230. The number of piperidine rings is 1. The molecule has 1 aromatic rings. The van der Waals surface area contributed by atoms with Gasteiger partial charge in [0.05, 0.1) is 4.90 Å². The highest BCUT2D eigenvalue weighted by Crippen LogP contribution is 2.31. The van der Waals surface area contributed by atoms with E-state index in [-0.39, 0.29) is 16.9 Å². The van der Waals surface area contributed by atoms with E-state index in [1.54, 1.807) is 13.8 Å². The Hall–Kier alpha value is -0.980. The molecule has 2 atom stereocenters. The number of rotatable bonds is 3. The normalized spacial score (nSPS) is 24.2. The SMILES string of the molecule is Cc1cc(F)cc(C)c1S(=O)(=O)N1CC(CN)CCC1C. The van der Waals surface area contributed by atoms with Crippen molar-refractivity contribution in [2.75, 3.05) is 13.1 Å². The Kier molecular flexibility index (Phi) is 4.70. The minimum atomic E-state index is -3.62. The fourth-order valence-corrected chi connectivity index (χ4v) is 5.25. The molecule has 1 aliphatic heterocycles. The first kappa shape index (κ1) is 16.4. The molecule has 0 bridgehead atoms. The van der Waals surface area contributed by atoms with Crippen LogP contribution < -0.4 is 5.73 Å². The molecule has 1 fully saturated rings. The van der Waals surface area contributed by atoms with Gasteiger partial charge in [-0.25, -0.2) is 12.8 Å². The molecule has 0 radical (unpaired) electrons. The molecule has 2 unspecified atom stereocenters. The van der Waals surface area contributed by atoms with E-state index in [0.29, 0.717) is 24.2 Å². The molecule has 4 nitrogen and oxygen atoms in total. The lowest BCUT2D eigenvalue weighted by atomic mass is 9.96. The Labute approximate surface area is 126 Å². The van der Waals surface area contributed by atoms with Crippen LogP contribution in [0.2, 0.25) is 0 Å². The summed E-state index contributed by atoms with van der Waals surface area (Å²) < 4.78 is 40.9. The van der Waals surface area contributed by atoms with Gasteiger partial charge < -0.3 is 5.73 Å². The lowest BCUT2D eigenvalue weighted by molar-refractivity contribution is 0.211. The summed E-state index contributed by atoms with van der Waals surface area (Å²) in [6, 6.07) is 2.49. The molecular formula is C15H23FN2O2S. The fourth-order valence-electron chi connectivity index (χ4n) is 3.10. The monoisotopic (exact) mass is 314 g/mol. The Morgan fingerprint density at radius 3 is 2.38 bits per heavy atom. The van der Waals surface area contributed by atoms with E-state index < -0.39 is 15.8 Å². The van der Waals surface area contributed by atoms with Crippen molar-refractivity contribution in [1.29, 1.82) is 0 Å². The number of halogens is 1. The first-order valence-corrected chi connectivity index (χ1v) is 8.70.